The summed E-state index contributed by atoms with van der Waals surface area (Å²) < 4.78 is 78.6. The molecule has 0 saturated heterocycles. The first-order chi connectivity index (χ1) is 19.0. The lowest BCUT2D eigenvalue weighted by Crippen LogP contribution is -2.28. The van der Waals surface area contributed by atoms with Crippen LogP contribution in [0.5, 0.6) is 5.88 Å². The SMILES string of the molecule is CNCCNCCC(C)Oc1nc(-c2cc(N)c(F)c(C)c2C(F)(F)F)c(F)c(NCc2cncnc2)c1C=O. The number of likely N-dealkylation sites (N-methyl/N-ethyl adjacent to an activating group) is 1. The molecule has 3 aromatic rings. The van der Waals surface area contributed by atoms with Gasteiger partial charge < -0.3 is 26.4 Å². The predicted octanol–water partition coefficient (Wildman–Crippen LogP) is 4.12. The van der Waals surface area contributed by atoms with Crippen LogP contribution in [0.4, 0.5) is 33.3 Å². The Bertz CT molecular complexity index is 1320. The maximum Gasteiger partial charge on any atom is 0.417 e. The Hall–Kier alpha value is -3.91. The number of hydrogen-bond donors (Lipinski definition) is 4. The van der Waals surface area contributed by atoms with E-state index in [2.05, 4.69) is 30.9 Å². The van der Waals surface area contributed by atoms with Gasteiger partial charge in [-0.05, 0) is 45.5 Å². The van der Waals surface area contributed by atoms with Crippen molar-refractivity contribution in [3.8, 4) is 17.1 Å². The number of aldehydes is 1. The average molecular weight is 568 g/mol. The van der Waals surface area contributed by atoms with Crippen molar-refractivity contribution in [2.45, 2.75) is 39.1 Å². The molecule has 0 amide bonds. The summed E-state index contributed by atoms with van der Waals surface area (Å²) in [5.41, 5.74) is 0.852. The van der Waals surface area contributed by atoms with Crippen molar-refractivity contribution in [1.82, 2.24) is 25.6 Å². The molecule has 0 fully saturated rings. The van der Waals surface area contributed by atoms with Gasteiger partial charge >= 0.3 is 6.18 Å². The summed E-state index contributed by atoms with van der Waals surface area (Å²) in [5.74, 6) is -2.95. The molecule has 216 valence electrons. The van der Waals surface area contributed by atoms with E-state index in [1.165, 1.54) is 18.7 Å². The fourth-order valence-electron chi connectivity index (χ4n) is 3.98. The van der Waals surface area contributed by atoms with E-state index in [-0.39, 0.29) is 12.1 Å². The molecule has 14 heteroatoms. The molecule has 2 aromatic heterocycles. The van der Waals surface area contributed by atoms with Gasteiger partial charge in [0.05, 0.1) is 23.0 Å². The Morgan fingerprint density at radius 1 is 1.12 bits per heavy atom. The first-order valence-electron chi connectivity index (χ1n) is 12.3. The number of nitrogens with one attached hydrogen (secondary N) is 3. The number of carbonyl (C=O) groups is 1. The zero-order valence-electron chi connectivity index (χ0n) is 22.1. The van der Waals surface area contributed by atoms with Crippen LogP contribution in [0, 0.1) is 18.6 Å². The second-order valence-corrected chi connectivity index (χ2v) is 8.98. The van der Waals surface area contributed by atoms with Crippen LogP contribution in [0.3, 0.4) is 0 Å². The molecule has 0 aliphatic carbocycles. The van der Waals surface area contributed by atoms with Crippen LogP contribution in [-0.4, -0.2) is 54.0 Å². The predicted molar refractivity (Wildman–Crippen MR) is 140 cm³/mol. The van der Waals surface area contributed by atoms with Crippen LogP contribution in [0.2, 0.25) is 0 Å². The van der Waals surface area contributed by atoms with E-state index in [1.807, 2.05) is 7.05 Å². The van der Waals surface area contributed by atoms with Crippen molar-refractivity contribution in [3.05, 3.63) is 58.7 Å². The largest absolute Gasteiger partial charge is 0.474 e. The van der Waals surface area contributed by atoms with Crippen molar-refractivity contribution in [1.29, 1.82) is 0 Å². The van der Waals surface area contributed by atoms with E-state index in [4.69, 9.17) is 10.5 Å². The van der Waals surface area contributed by atoms with E-state index in [0.717, 1.165) is 13.5 Å². The lowest BCUT2D eigenvalue weighted by atomic mass is 9.95. The van der Waals surface area contributed by atoms with E-state index in [9.17, 15) is 22.4 Å². The molecule has 0 aliphatic rings. The number of nitrogens with two attached hydrogens (primary N) is 1. The summed E-state index contributed by atoms with van der Waals surface area (Å²) in [6, 6.07) is 0.671. The number of carbonyl (C=O) groups excluding carboxylic acids is 1. The summed E-state index contributed by atoms with van der Waals surface area (Å²) in [4.78, 5) is 23.9. The fraction of sp³-hybridized carbons (Fsp3) is 0.385. The van der Waals surface area contributed by atoms with Crippen LogP contribution in [0.15, 0.2) is 24.8 Å². The molecule has 0 spiro atoms. The third-order valence-corrected chi connectivity index (χ3v) is 6.00. The molecule has 3 rings (SSSR count). The van der Waals surface area contributed by atoms with E-state index in [0.29, 0.717) is 37.4 Å². The number of ether oxygens (including phenoxy) is 1. The van der Waals surface area contributed by atoms with Crippen molar-refractivity contribution in [2.24, 2.45) is 0 Å². The van der Waals surface area contributed by atoms with Gasteiger partial charge in [0.15, 0.2) is 12.1 Å². The highest BCUT2D eigenvalue weighted by molar-refractivity contribution is 5.90. The molecular weight excluding hydrogens is 537 g/mol. The van der Waals surface area contributed by atoms with Gasteiger partial charge in [0.25, 0.3) is 0 Å². The third-order valence-electron chi connectivity index (χ3n) is 6.00. The number of anilines is 2. The number of rotatable bonds is 13. The molecule has 40 heavy (non-hydrogen) atoms. The van der Waals surface area contributed by atoms with Crippen molar-refractivity contribution >= 4 is 17.7 Å². The fourth-order valence-corrected chi connectivity index (χ4v) is 3.98. The number of aromatic nitrogens is 3. The second-order valence-electron chi connectivity index (χ2n) is 8.98. The van der Waals surface area contributed by atoms with Crippen LogP contribution >= 0.6 is 0 Å². The molecule has 1 unspecified atom stereocenters. The van der Waals surface area contributed by atoms with E-state index >= 15 is 4.39 Å². The minimum atomic E-state index is -5.08. The molecule has 0 saturated carbocycles. The molecule has 9 nitrogen and oxygen atoms in total. The average Bonchev–Trinajstić information content (AvgIpc) is 2.91. The zero-order chi connectivity index (χ0) is 29.4. The minimum Gasteiger partial charge on any atom is -0.474 e. The zero-order valence-corrected chi connectivity index (χ0v) is 22.1. The number of nitrogen functional groups attached to an aromatic ring is 1. The van der Waals surface area contributed by atoms with Crippen molar-refractivity contribution < 1.29 is 31.5 Å². The third kappa shape index (κ3) is 7.18. The number of pyridine rings is 1. The second kappa shape index (κ2) is 13.4. The lowest BCUT2D eigenvalue weighted by molar-refractivity contribution is -0.137. The molecular formula is C26H30F5N7O2. The van der Waals surface area contributed by atoms with Crippen LogP contribution in [-0.2, 0) is 12.7 Å². The first kappa shape index (κ1) is 30.6. The number of halogens is 5. The monoisotopic (exact) mass is 567 g/mol. The molecule has 0 aliphatic heterocycles. The Morgan fingerprint density at radius 2 is 1.82 bits per heavy atom. The van der Waals surface area contributed by atoms with Gasteiger partial charge in [-0.25, -0.2) is 23.7 Å². The van der Waals surface area contributed by atoms with Gasteiger partial charge in [0.2, 0.25) is 5.88 Å². The summed E-state index contributed by atoms with van der Waals surface area (Å²) >= 11 is 0. The highest BCUT2D eigenvalue weighted by Crippen LogP contribution is 2.44. The lowest BCUT2D eigenvalue weighted by Gasteiger charge is -2.22. The van der Waals surface area contributed by atoms with Gasteiger partial charge in [-0.3, -0.25) is 4.79 Å². The van der Waals surface area contributed by atoms with E-state index in [1.54, 1.807) is 6.92 Å². The smallest absolute Gasteiger partial charge is 0.417 e. The number of benzene rings is 1. The summed E-state index contributed by atoms with van der Waals surface area (Å²) in [6.45, 7) is 4.43. The van der Waals surface area contributed by atoms with E-state index < -0.39 is 63.6 Å². The standard InChI is InChI=1S/C26H30F5N7O2/c1-14(4-5-34-7-6-33-3)40-25-18(12-39)23(37-11-16-9-35-13-36-10-16)22(28)24(38-25)17-8-19(32)21(27)15(2)20(17)26(29,30)31/h8-10,12-14,33-34H,4-7,11,32H2,1-3H3,(H,37,38). The van der Waals surface area contributed by atoms with Gasteiger partial charge in [-0.2, -0.15) is 13.2 Å². The van der Waals surface area contributed by atoms with Gasteiger partial charge in [-0.15, -0.1) is 0 Å². The normalized spacial score (nSPS) is 12.3. The first-order valence-corrected chi connectivity index (χ1v) is 12.3. The summed E-state index contributed by atoms with van der Waals surface area (Å²) in [7, 11) is 1.81. The van der Waals surface area contributed by atoms with Crippen molar-refractivity contribution in [2.75, 3.05) is 37.7 Å². The van der Waals surface area contributed by atoms with Crippen LogP contribution < -0.4 is 26.4 Å². The Kier molecular flexibility index (Phi) is 10.3. The quantitative estimate of drug-likeness (QED) is 0.104. The molecule has 2 heterocycles. The Morgan fingerprint density at radius 3 is 2.45 bits per heavy atom. The Labute approximate surface area is 227 Å². The molecule has 0 radical (unpaired) electrons. The van der Waals surface area contributed by atoms with Crippen LogP contribution in [0.1, 0.15) is 40.4 Å². The van der Waals surface area contributed by atoms with Gasteiger partial charge in [-0.1, -0.05) is 0 Å². The minimum absolute atomic E-state index is 0.0802. The number of alkyl halides is 3. The topological polar surface area (TPSA) is 127 Å². The highest BCUT2D eigenvalue weighted by Gasteiger charge is 2.39. The van der Waals surface area contributed by atoms with Gasteiger partial charge in [0.1, 0.15) is 23.4 Å². The van der Waals surface area contributed by atoms with Gasteiger partial charge in [0, 0.05) is 43.2 Å². The summed E-state index contributed by atoms with van der Waals surface area (Å²) in [5, 5.41) is 8.89. The highest BCUT2D eigenvalue weighted by atomic mass is 19.4. The Balaban J connectivity index is 2.15. The maximum atomic E-state index is 16.0. The summed E-state index contributed by atoms with van der Waals surface area (Å²) in [6.07, 6.45) is -0.744. The molecule has 1 aromatic carbocycles. The molecule has 0 bridgehead atoms. The maximum absolute atomic E-state index is 16.0. The number of hydrogen-bond acceptors (Lipinski definition) is 9. The van der Waals surface area contributed by atoms with Crippen molar-refractivity contribution in [3.63, 3.8) is 0 Å². The molecule has 5 N–H and O–H groups in total. The molecule has 1 atom stereocenters. The van der Waals surface area contributed by atoms with Crippen LogP contribution in [0.25, 0.3) is 11.3 Å². The number of nitrogens with zero attached hydrogens (tertiary/aromatic N) is 3.